The standard InChI is InChI=1S/C23H16Cl2N4O3/c24-14-10-17-21(18(25)11-14)27-22(31)23(17,32)12-19(28-29-20(30)8-9-26)16-7-3-5-13-4-1-2-6-15(13)16/h1-7,10-11,32H,8,12H2,(H,27,31)(H,29,30)/b28-19+. The monoisotopic (exact) mass is 466 g/mol. The van der Waals surface area contributed by atoms with Gasteiger partial charge in [0.2, 0.25) is 0 Å². The van der Waals surface area contributed by atoms with Gasteiger partial charge in [0.1, 0.15) is 6.42 Å². The zero-order valence-electron chi connectivity index (χ0n) is 16.5. The van der Waals surface area contributed by atoms with Gasteiger partial charge in [-0.3, -0.25) is 9.59 Å². The fourth-order valence-electron chi connectivity index (χ4n) is 3.70. The Hall–Kier alpha value is -3.44. The quantitative estimate of drug-likeness (QED) is 0.387. The smallest absolute Gasteiger partial charge is 0.261 e. The molecule has 3 N–H and O–H groups in total. The van der Waals surface area contributed by atoms with E-state index >= 15 is 0 Å². The summed E-state index contributed by atoms with van der Waals surface area (Å²) in [6.07, 6.45) is -0.658. The average Bonchev–Trinajstić information content (AvgIpc) is 3.02. The van der Waals surface area contributed by atoms with Crippen LogP contribution >= 0.6 is 23.2 Å². The lowest BCUT2D eigenvalue weighted by Crippen LogP contribution is -2.37. The van der Waals surface area contributed by atoms with Gasteiger partial charge in [0.25, 0.3) is 11.8 Å². The van der Waals surface area contributed by atoms with Crippen molar-refractivity contribution in [2.24, 2.45) is 5.10 Å². The molecule has 3 aromatic carbocycles. The fourth-order valence-corrected chi connectivity index (χ4v) is 4.24. The second-order valence-electron chi connectivity index (χ2n) is 7.26. The first-order chi connectivity index (χ1) is 15.3. The number of halogens is 2. The lowest BCUT2D eigenvalue weighted by molar-refractivity contribution is -0.132. The number of fused-ring (bicyclic) bond motifs is 2. The molecule has 0 aliphatic carbocycles. The zero-order valence-corrected chi connectivity index (χ0v) is 18.0. The molecule has 0 spiro atoms. The summed E-state index contributed by atoms with van der Waals surface area (Å²) in [5, 5.41) is 29.2. The van der Waals surface area contributed by atoms with Gasteiger partial charge in [0.05, 0.1) is 22.5 Å². The molecule has 0 aromatic heterocycles. The highest BCUT2D eigenvalue weighted by molar-refractivity contribution is 6.38. The summed E-state index contributed by atoms with van der Waals surface area (Å²) in [6, 6.07) is 17.7. The predicted molar refractivity (Wildman–Crippen MR) is 122 cm³/mol. The third-order valence-electron chi connectivity index (χ3n) is 5.19. The highest BCUT2D eigenvalue weighted by Crippen LogP contribution is 2.44. The van der Waals surface area contributed by atoms with Crippen LogP contribution in [0.3, 0.4) is 0 Å². The van der Waals surface area contributed by atoms with Gasteiger partial charge in [0.15, 0.2) is 5.60 Å². The van der Waals surface area contributed by atoms with E-state index in [9.17, 15) is 14.7 Å². The molecule has 2 amide bonds. The molecule has 1 unspecified atom stereocenters. The van der Waals surface area contributed by atoms with Crippen molar-refractivity contribution in [3.63, 3.8) is 0 Å². The number of carbonyl (C=O) groups is 2. The lowest BCUT2D eigenvalue weighted by atomic mass is 9.86. The van der Waals surface area contributed by atoms with Crippen molar-refractivity contribution in [2.45, 2.75) is 18.4 Å². The molecule has 1 aliphatic rings. The number of carbonyl (C=O) groups excluding carboxylic acids is 2. The maximum absolute atomic E-state index is 12.8. The number of nitrogens with zero attached hydrogens (tertiary/aromatic N) is 2. The summed E-state index contributed by atoms with van der Waals surface area (Å²) in [7, 11) is 0. The summed E-state index contributed by atoms with van der Waals surface area (Å²) < 4.78 is 0. The number of rotatable bonds is 5. The van der Waals surface area contributed by atoms with Gasteiger partial charge in [0, 0.05) is 22.6 Å². The average molecular weight is 467 g/mol. The van der Waals surface area contributed by atoms with Gasteiger partial charge in [-0.25, -0.2) is 5.43 Å². The fraction of sp³-hybridized carbons (Fsp3) is 0.130. The van der Waals surface area contributed by atoms with E-state index in [0.29, 0.717) is 5.56 Å². The van der Waals surface area contributed by atoms with E-state index in [4.69, 9.17) is 28.5 Å². The molecule has 0 fully saturated rings. The van der Waals surface area contributed by atoms with Gasteiger partial charge in [-0.15, -0.1) is 0 Å². The number of nitrogens with one attached hydrogen (secondary N) is 2. The minimum absolute atomic E-state index is 0.197. The van der Waals surface area contributed by atoms with Crippen LogP contribution in [0.4, 0.5) is 5.69 Å². The van der Waals surface area contributed by atoms with Crippen LogP contribution in [0.15, 0.2) is 59.7 Å². The normalized spacial score (nSPS) is 17.6. The molecule has 4 rings (SSSR count). The number of hydrazone groups is 1. The Kier molecular flexibility index (Phi) is 5.85. The number of anilines is 1. The number of hydrogen-bond acceptors (Lipinski definition) is 5. The first-order valence-electron chi connectivity index (χ1n) is 9.57. The van der Waals surface area contributed by atoms with Crippen LogP contribution in [-0.4, -0.2) is 22.6 Å². The van der Waals surface area contributed by atoms with Crippen molar-refractivity contribution in [3.8, 4) is 6.07 Å². The highest BCUT2D eigenvalue weighted by atomic mass is 35.5. The number of aliphatic hydroxyl groups is 1. The topological polar surface area (TPSA) is 115 Å². The Balaban J connectivity index is 1.84. The number of benzene rings is 3. The minimum atomic E-state index is -2.03. The van der Waals surface area contributed by atoms with E-state index in [1.165, 1.54) is 12.1 Å². The Labute approximate surface area is 193 Å². The molecular weight excluding hydrogens is 451 g/mol. The van der Waals surface area contributed by atoms with Crippen LogP contribution < -0.4 is 10.7 Å². The van der Waals surface area contributed by atoms with Crippen LogP contribution in [0.25, 0.3) is 10.8 Å². The zero-order chi connectivity index (χ0) is 22.9. The number of amides is 2. The summed E-state index contributed by atoms with van der Waals surface area (Å²) in [6.45, 7) is 0. The molecule has 7 nitrogen and oxygen atoms in total. The summed E-state index contributed by atoms with van der Waals surface area (Å²) in [5.41, 5.74) is 1.65. The van der Waals surface area contributed by atoms with Crippen LogP contribution in [0.1, 0.15) is 24.0 Å². The maximum Gasteiger partial charge on any atom is 0.261 e. The van der Waals surface area contributed by atoms with E-state index in [-0.39, 0.29) is 39.8 Å². The molecule has 9 heteroatoms. The van der Waals surface area contributed by atoms with E-state index < -0.39 is 17.4 Å². The molecule has 0 bridgehead atoms. The van der Waals surface area contributed by atoms with Crippen molar-refractivity contribution in [3.05, 3.63) is 75.8 Å². The minimum Gasteiger partial charge on any atom is -0.375 e. The van der Waals surface area contributed by atoms with Gasteiger partial charge in [-0.2, -0.15) is 10.4 Å². The molecular formula is C23H16Cl2N4O3. The van der Waals surface area contributed by atoms with Crippen LogP contribution in [0.2, 0.25) is 10.0 Å². The second-order valence-corrected chi connectivity index (χ2v) is 8.10. The van der Waals surface area contributed by atoms with E-state index in [2.05, 4.69) is 15.8 Å². The predicted octanol–water partition coefficient (Wildman–Crippen LogP) is 4.11. The van der Waals surface area contributed by atoms with E-state index in [0.717, 1.165) is 10.8 Å². The van der Waals surface area contributed by atoms with Crippen LogP contribution in [0.5, 0.6) is 0 Å². The summed E-state index contributed by atoms with van der Waals surface area (Å²) >= 11 is 12.3. The van der Waals surface area contributed by atoms with Crippen LogP contribution in [-0.2, 0) is 15.2 Å². The third kappa shape index (κ3) is 3.92. The van der Waals surface area contributed by atoms with Gasteiger partial charge < -0.3 is 10.4 Å². The van der Waals surface area contributed by atoms with Crippen molar-refractivity contribution in [2.75, 3.05) is 5.32 Å². The first-order valence-corrected chi connectivity index (χ1v) is 10.3. The Morgan fingerprint density at radius 3 is 2.72 bits per heavy atom. The van der Waals surface area contributed by atoms with E-state index in [1.54, 1.807) is 12.1 Å². The first kappa shape index (κ1) is 21.8. The third-order valence-corrected chi connectivity index (χ3v) is 5.71. The maximum atomic E-state index is 12.8. The highest BCUT2D eigenvalue weighted by Gasteiger charge is 2.47. The molecule has 0 radical (unpaired) electrons. The van der Waals surface area contributed by atoms with Crippen molar-refractivity contribution in [1.82, 2.24) is 5.43 Å². The van der Waals surface area contributed by atoms with Crippen molar-refractivity contribution < 1.29 is 14.7 Å². The van der Waals surface area contributed by atoms with Gasteiger partial charge >= 0.3 is 0 Å². The molecule has 0 saturated carbocycles. The molecule has 1 heterocycles. The van der Waals surface area contributed by atoms with Crippen molar-refractivity contribution in [1.29, 1.82) is 5.26 Å². The van der Waals surface area contributed by atoms with Gasteiger partial charge in [-0.05, 0) is 22.9 Å². The summed E-state index contributed by atoms with van der Waals surface area (Å²) in [4.78, 5) is 24.7. The lowest BCUT2D eigenvalue weighted by Gasteiger charge is -2.23. The van der Waals surface area contributed by atoms with Gasteiger partial charge in [-0.1, -0.05) is 65.7 Å². The number of nitriles is 1. The molecule has 1 aliphatic heterocycles. The Morgan fingerprint density at radius 2 is 1.94 bits per heavy atom. The Morgan fingerprint density at radius 1 is 1.19 bits per heavy atom. The van der Waals surface area contributed by atoms with Crippen LogP contribution in [0, 0.1) is 11.3 Å². The molecule has 0 saturated heterocycles. The SMILES string of the molecule is N#CCC(=O)N/N=C(\CC1(O)C(=O)Nc2c(Cl)cc(Cl)cc21)c1cccc2ccccc12. The summed E-state index contributed by atoms with van der Waals surface area (Å²) in [5.74, 6) is -1.30. The molecule has 3 aromatic rings. The Bertz CT molecular complexity index is 1330. The largest absolute Gasteiger partial charge is 0.375 e. The number of hydrogen-bond donors (Lipinski definition) is 3. The molecule has 32 heavy (non-hydrogen) atoms. The van der Waals surface area contributed by atoms with E-state index in [1.807, 2.05) is 36.4 Å². The van der Waals surface area contributed by atoms with Crippen molar-refractivity contribution >= 4 is 57.2 Å². The second kappa shape index (κ2) is 8.60. The molecule has 1 atom stereocenters. The molecule has 160 valence electrons.